The van der Waals surface area contributed by atoms with E-state index in [0.717, 1.165) is 44.7 Å². The summed E-state index contributed by atoms with van der Waals surface area (Å²) in [6.07, 6.45) is -0.320. The van der Waals surface area contributed by atoms with Crippen LogP contribution >= 0.6 is 0 Å². The quantitative estimate of drug-likeness (QED) is 0.555. The maximum Gasteiger partial charge on any atom is 0.401 e. The Balaban J connectivity index is 2.14. The second-order valence-corrected chi connectivity index (χ2v) is 6.73. The van der Waals surface area contributed by atoms with Crippen LogP contribution in [0.3, 0.4) is 0 Å². The molecule has 0 atom stereocenters. The smallest absolute Gasteiger partial charge is 0.356 e. The Morgan fingerprint density at radius 3 is 2.30 bits per heavy atom. The fourth-order valence-corrected chi connectivity index (χ4v) is 2.78. The van der Waals surface area contributed by atoms with Crippen LogP contribution in [0.2, 0.25) is 0 Å². The van der Waals surface area contributed by atoms with Gasteiger partial charge < -0.3 is 10.6 Å². The summed E-state index contributed by atoms with van der Waals surface area (Å²) in [7, 11) is 1.75. The number of piperidine rings is 1. The van der Waals surface area contributed by atoms with Gasteiger partial charge in [-0.05, 0) is 50.6 Å². The summed E-state index contributed by atoms with van der Waals surface area (Å²) in [5.41, 5.74) is 0. The lowest BCUT2D eigenvalue weighted by atomic mass is 9.93. The topological polar surface area (TPSA) is 39.7 Å². The first kappa shape index (κ1) is 20.1. The van der Waals surface area contributed by atoms with Crippen molar-refractivity contribution < 1.29 is 13.2 Å². The Morgan fingerprint density at radius 1 is 1.17 bits per heavy atom. The van der Waals surface area contributed by atoms with E-state index in [1.807, 2.05) is 0 Å². The minimum Gasteiger partial charge on any atom is -0.356 e. The predicted octanol–water partition coefficient (Wildman–Crippen LogP) is 2.86. The first-order chi connectivity index (χ1) is 10.8. The average molecular weight is 336 g/mol. The molecule has 7 heteroatoms. The zero-order valence-electron chi connectivity index (χ0n) is 14.5. The van der Waals surface area contributed by atoms with Gasteiger partial charge in [-0.15, -0.1) is 0 Å². The molecule has 1 heterocycles. The van der Waals surface area contributed by atoms with Gasteiger partial charge in [0.25, 0.3) is 0 Å². The summed E-state index contributed by atoms with van der Waals surface area (Å²) in [5, 5.41) is 6.56. The minimum absolute atomic E-state index is 0.501. The van der Waals surface area contributed by atoms with Crippen LogP contribution in [0.15, 0.2) is 4.99 Å². The second-order valence-electron chi connectivity index (χ2n) is 6.73. The van der Waals surface area contributed by atoms with Gasteiger partial charge in [0, 0.05) is 20.1 Å². The highest BCUT2D eigenvalue weighted by Gasteiger charge is 2.32. The molecule has 0 spiro atoms. The van der Waals surface area contributed by atoms with Crippen molar-refractivity contribution >= 4 is 5.96 Å². The second kappa shape index (κ2) is 10.0. The van der Waals surface area contributed by atoms with Crippen molar-refractivity contribution in [2.24, 2.45) is 16.8 Å². The van der Waals surface area contributed by atoms with Crippen molar-refractivity contribution in [2.45, 2.75) is 45.7 Å². The normalized spacial score (nSPS) is 18.5. The average Bonchev–Trinajstić information content (AvgIpc) is 2.45. The van der Waals surface area contributed by atoms with Gasteiger partial charge >= 0.3 is 6.18 Å². The Bertz CT molecular complexity index is 348. The van der Waals surface area contributed by atoms with Crippen molar-refractivity contribution in [2.75, 3.05) is 39.8 Å². The predicted molar refractivity (Wildman–Crippen MR) is 88.7 cm³/mol. The monoisotopic (exact) mass is 336 g/mol. The van der Waals surface area contributed by atoms with E-state index in [4.69, 9.17) is 0 Å². The van der Waals surface area contributed by atoms with E-state index >= 15 is 0 Å². The Kier molecular flexibility index (Phi) is 8.73. The molecule has 23 heavy (non-hydrogen) atoms. The van der Waals surface area contributed by atoms with E-state index in [0.29, 0.717) is 24.9 Å². The maximum atomic E-state index is 12.3. The highest BCUT2D eigenvalue weighted by molar-refractivity contribution is 5.79. The van der Waals surface area contributed by atoms with Crippen LogP contribution in [0.5, 0.6) is 0 Å². The number of nitrogens with one attached hydrogen (secondary N) is 2. The number of nitrogens with zero attached hydrogens (tertiary/aromatic N) is 2. The summed E-state index contributed by atoms with van der Waals surface area (Å²) in [6.45, 7) is 6.39. The third-order valence-electron chi connectivity index (χ3n) is 4.19. The molecule has 0 saturated carbocycles. The van der Waals surface area contributed by atoms with Crippen molar-refractivity contribution in [3.8, 4) is 0 Å². The number of aliphatic imine (C=N–C) groups is 1. The fraction of sp³-hybridized carbons (Fsp3) is 0.938. The molecule has 1 aliphatic rings. The largest absolute Gasteiger partial charge is 0.401 e. The van der Waals surface area contributed by atoms with Crippen LogP contribution in [-0.4, -0.2) is 56.8 Å². The standard InChI is InChI=1S/C16H31F3N4/c1-13(2)4-8-21-15(20-3)22-9-5-14-6-10-23(11-7-14)12-16(17,18)19/h13-14H,4-12H2,1-3H3,(H2,20,21,22). The highest BCUT2D eigenvalue weighted by Crippen LogP contribution is 2.23. The van der Waals surface area contributed by atoms with E-state index in [9.17, 15) is 13.2 Å². The van der Waals surface area contributed by atoms with Gasteiger partial charge in [-0.3, -0.25) is 9.89 Å². The summed E-state index contributed by atoms with van der Waals surface area (Å²) in [5.74, 6) is 1.96. The zero-order chi connectivity index (χ0) is 17.3. The fourth-order valence-electron chi connectivity index (χ4n) is 2.78. The first-order valence-electron chi connectivity index (χ1n) is 8.53. The molecule has 0 bridgehead atoms. The van der Waals surface area contributed by atoms with E-state index in [1.54, 1.807) is 7.05 Å². The summed E-state index contributed by atoms with van der Waals surface area (Å²) in [6, 6.07) is 0. The van der Waals surface area contributed by atoms with E-state index < -0.39 is 12.7 Å². The molecule has 0 aromatic rings. The molecule has 136 valence electrons. The molecular formula is C16H31F3N4. The van der Waals surface area contributed by atoms with Crippen molar-refractivity contribution in [3.63, 3.8) is 0 Å². The molecule has 1 fully saturated rings. The number of likely N-dealkylation sites (tertiary alicyclic amines) is 1. The van der Waals surface area contributed by atoms with Gasteiger partial charge in [0.1, 0.15) is 0 Å². The molecule has 0 unspecified atom stereocenters. The van der Waals surface area contributed by atoms with E-state index in [2.05, 4.69) is 29.5 Å². The first-order valence-corrected chi connectivity index (χ1v) is 8.53. The Hall–Kier alpha value is -0.980. The number of rotatable bonds is 7. The summed E-state index contributed by atoms with van der Waals surface area (Å²) >= 11 is 0. The number of halogens is 3. The Morgan fingerprint density at radius 2 is 1.78 bits per heavy atom. The molecule has 1 aliphatic heterocycles. The van der Waals surface area contributed by atoms with Crippen LogP contribution in [0, 0.1) is 11.8 Å². The van der Waals surface area contributed by atoms with Crippen molar-refractivity contribution in [1.29, 1.82) is 0 Å². The number of hydrogen-bond donors (Lipinski definition) is 2. The SMILES string of the molecule is CN=C(NCCC(C)C)NCCC1CCN(CC(F)(F)F)CC1. The minimum atomic E-state index is -4.08. The third-order valence-corrected chi connectivity index (χ3v) is 4.19. The number of hydrogen-bond acceptors (Lipinski definition) is 2. The molecule has 0 aliphatic carbocycles. The molecule has 2 N–H and O–H groups in total. The van der Waals surface area contributed by atoms with Crippen LogP contribution in [0.25, 0.3) is 0 Å². The van der Waals surface area contributed by atoms with Gasteiger partial charge in [0.2, 0.25) is 0 Å². The Labute approximate surface area is 137 Å². The van der Waals surface area contributed by atoms with Crippen LogP contribution in [0.1, 0.15) is 39.5 Å². The lowest BCUT2D eigenvalue weighted by molar-refractivity contribution is -0.148. The molecule has 0 amide bonds. The third kappa shape index (κ3) is 9.69. The van der Waals surface area contributed by atoms with E-state index in [1.165, 1.54) is 4.90 Å². The number of guanidine groups is 1. The van der Waals surface area contributed by atoms with Crippen LogP contribution < -0.4 is 10.6 Å². The molecule has 0 aromatic heterocycles. The van der Waals surface area contributed by atoms with E-state index in [-0.39, 0.29) is 0 Å². The number of alkyl halides is 3. The highest BCUT2D eigenvalue weighted by atomic mass is 19.4. The van der Waals surface area contributed by atoms with Gasteiger partial charge in [0.15, 0.2) is 5.96 Å². The molecule has 1 rings (SSSR count). The van der Waals surface area contributed by atoms with Crippen molar-refractivity contribution in [1.82, 2.24) is 15.5 Å². The lowest BCUT2D eigenvalue weighted by Gasteiger charge is -2.32. The van der Waals surface area contributed by atoms with Gasteiger partial charge in [-0.2, -0.15) is 13.2 Å². The van der Waals surface area contributed by atoms with Gasteiger partial charge in [-0.25, -0.2) is 0 Å². The summed E-state index contributed by atoms with van der Waals surface area (Å²) in [4.78, 5) is 5.69. The zero-order valence-corrected chi connectivity index (χ0v) is 14.5. The molecule has 0 radical (unpaired) electrons. The molecule has 4 nitrogen and oxygen atoms in total. The summed E-state index contributed by atoms with van der Waals surface area (Å²) < 4.78 is 37.0. The maximum absolute atomic E-state index is 12.3. The lowest BCUT2D eigenvalue weighted by Crippen LogP contribution is -2.41. The molecular weight excluding hydrogens is 305 g/mol. The van der Waals surface area contributed by atoms with Crippen molar-refractivity contribution in [3.05, 3.63) is 0 Å². The molecule has 1 saturated heterocycles. The van der Waals surface area contributed by atoms with Crippen LogP contribution in [0.4, 0.5) is 13.2 Å². The molecule has 0 aromatic carbocycles. The van der Waals surface area contributed by atoms with Crippen LogP contribution in [-0.2, 0) is 0 Å². The van der Waals surface area contributed by atoms with Gasteiger partial charge in [-0.1, -0.05) is 13.8 Å². The van der Waals surface area contributed by atoms with Gasteiger partial charge in [0.05, 0.1) is 6.54 Å².